The Kier molecular flexibility index (Phi) is 8.18. The maximum Gasteiger partial charge on any atom is 0.204 e. The minimum atomic E-state index is 0.0718. The first-order valence-electron chi connectivity index (χ1n) is 16.4. The Bertz CT molecular complexity index is 1800. The molecule has 0 saturated heterocycles. The Morgan fingerprint density at radius 2 is 1.40 bits per heavy atom. The summed E-state index contributed by atoms with van der Waals surface area (Å²) in [6.07, 6.45) is 3.45. The van der Waals surface area contributed by atoms with Gasteiger partial charge in [-0.3, -0.25) is 4.90 Å². The van der Waals surface area contributed by atoms with Crippen molar-refractivity contribution >= 4 is 0 Å². The van der Waals surface area contributed by atoms with E-state index in [-0.39, 0.29) is 12.1 Å². The van der Waals surface area contributed by atoms with Crippen LogP contribution in [0.25, 0.3) is 0 Å². The number of nitrogens with zero attached hydrogens (tertiary/aromatic N) is 2. The first-order chi connectivity index (χ1) is 22.7. The molecule has 2 atom stereocenters. The highest BCUT2D eigenvalue weighted by atomic mass is 16.5. The Hall–Kier alpha value is -4.40. The van der Waals surface area contributed by atoms with E-state index in [4.69, 9.17) is 28.4 Å². The van der Waals surface area contributed by atoms with E-state index in [1.807, 2.05) is 6.07 Å². The number of rotatable bonds is 4. The Morgan fingerprint density at radius 1 is 0.702 bits per heavy atom. The van der Waals surface area contributed by atoms with Gasteiger partial charge in [-0.1, -0.05) is 18.2 Å². The maximum atomic E-state index is 6.84. The Morgan fingerprint density at radius 3 is 2.13 bits per heavy atom. The van der Waals surface area contributed by atoms with Gasteiger partial charge in [-0.05, 0) is 90.2 Å². The van der Waals surface area contributed by atoms with Crippen LogP contribution in [-0.2, 0) is 25.7 Å². The molecule has 8 nitrogen and oxygen atoms in total. The highest BCUT2D eigenvalue weighted by Gasteiger charge is 2.41. The molecule has 4 aromatic carbocycles. The first-order valence-corrected chi connectivity index (χ1v) is 16.4. The Balaban J connectivity index is 1.45. The molecule has 4 aliphatic rings. The fourth-order valence-electron chi connectivity index (χ4n) is 7.61. The van der Waals surface area contributed by atoms with Crippen LogP contribution in [0.1, 0.15) is 45.5 Å². The van der Waals surface area contributed by atoms with Gasteiger partial charge in [0.05, 0.1) is 54.6 Å². The summed E-state index contributed by atoms with van der Waals surface area (Å²) in [4.78, 5) is 2.43. The number of hydrogen-bond acceptors (Lipinski definition) is 7. The number of quaternary nitrogens is 1. The summed E-state index contributed by atoms with van der Waals surface area (Å²) in [5, 5.41) is 0. The SMILES string of the molecule is COc1ccc2cc1Oc1cc3c(cc1OC)CCN(C)[C@H]3Cc1ccc(cc1)Oc1c(OC)c(OC)cc3c1[C@@H](C2)[N+](C)(C)CC3. The highest BCUT2D eigenvalue weighted by molar-refractivity contribution is 5.62. The first kappa shape index (κ1) is 31.2. The summed E-state index contributed by atoms with van der Waals surface area (Å²) in [5.74, 6) is 5.50. The molecular formula is C39H45N2O6+. The van der Waals surface area contributed by atoms with Gasteiger partial charge in [0, 0.05) is 25.4 Å². The largest absolute Gasteiger partial charge is 0.493 e. The predicted molar refractivity (Wildman–Crippen MR) is 182 cm³/mol. The summed E-state index contributed by atoms with van der Waals surface area (Å²) in [6.45, 7) is 1.94. The van der Waals surface area contributed by atoms with Gasteiger partial charge in [0.25, 0.3) is 0 Å². The van der Waals surface area contributed by atoms with Crippen molar-refractivity contribution in [3.63, 3.8) is 0 Å². The fraction of sp³-hybridized carbons (Fsp3) is 0.385. The van der Waals surface area contributed by atoms with Crippen molar-refractivity contribution < 1.29 is 32.9 Å². The van der Waals surface area contributed by atoms with Gasteiger partial charge in [0.2, 0.25) is 5.75 Å². The van der Waals surface area contributed by atoms with Gasteiger partial charge in [0.15, 0.2) is 34.5 Å². The van der Waals surface area contributed by atoms with Gasteiger partial charge < -0.3 is 32.9 Å². The van der Waals surface area contributed by atoms with E-state index in [9.17, 15) is 0 Å². The van der Waals surface area contributed by atoms with E-state index in [0.717, 1.165) is 65.9 Å². The molecule has 0 spiro atoms. The van der Waals surface area contributed by atoms with Gasteiger partial charge in [-0.15, -0.1) is 0 Å². The third-order valence-corrected chi connectivity index (χ3v) is 10.4. The molecule has 0 N–H and O–H groups in total. The minimum Gasteiger partial charge on any atom is -0.493 e. The van der Waals surface area contributed by atoms with Crippen molar-refractivity contribution in [1.82, 2.24) is 4.90 Å². The molecule has 47 heavy (non-hydrogen) atoms. The highest BCUT2D eigenvalue weighted by Crippen LogP contribution is 2.52. The van der Waals surface area contributed by atoms with E-state index in [2.05, 4.69) is 80.6 Å². The lowest BCUT2D eigenvalue weighted by Gasteiger charge is -2.43. The lowest BCUT2D eigenvalue weighted by Crippen LogP contribution is -2.48. The average molecular weight is 638 g/mol. The molecule has 4 aliphatic heterocycles. The average Bonchev–Trinajstić information content (AvgIpc) is 3.07. The number of ether oxygens (including phenoxy) is 6. The van der Waals surface area contributed by atoms with Crippen LogP contribution in [0.3, 0.4) is 0 Å². The second-order valence-electron chi connectivity index (χ2n) is 13.5. The zero-order valence-electron chi connectivity index (χ0n) is 28.5. The number of methoxy groups -OCH3 is 4. The molecule has 8 heteroatoms. The third-order valence-electron chi connectivity index (χ3n) is 10.4. The number of fused-ring (bicyclic) bond motifs is 2. The maximum absolute atomic E-state index is 6.84. The molecule has 0 saturated carbocycles. The molecule has 0 unspecified atom stereocenters. The molecule has 6 bridgehead atoms. The minimum absolute atomic E-state index is 0.0718. The molecule has 0 fully saturated rings. The van der Waals surface area contributed by atoms with Crippen molar-refractivity contribution in [2.75, 3.05) is 62.7 Å². The fourth-order valence-corrected chi connectivity index (χ4v) is 7.61. The Labute approximate surface area is 277 Å². The zero-order valence-corrected chi connectivity index (χ0v) is 28.5. The smallest absolute Gasteiger partial charge is 0.204 e. The summed E-state index contributed by atoms with van der Waals surface area (Å²) in [7, 11) is 13.5. The quantitative estimate of drug-likeness (QED) is 0.218. The van der Waals surface area contributed by atoms with Crippen LogP contribution in [0.5, 0.6) is 46.0 Å². The van der Waals surface area contributed by atoms with Crippen LogP contribution in [0.15, 0.2) is 60.7 Å². The summed E-state index contributed by atoms with van der Waals surface area (Å²) < 4.78 is 37.9. The summed E-state index contributed by atoms with van der Waals surface area (Å²) in [5.41, 5.74) is 7.27. The van der Waals surface area contributed by atoms with Crippen molar-refractivity contribution in [1.29, 1.82) is 0 Å². The van der Waals surface area contributed by atoms with E-state index >= 15 is 0 Å². The molecule has 0 aromatic heterocycles. The van der Waals surface area contributed by atoms with Crippen molar-refractivity contribution in [2.24, 2.45) is 0 Å². The van der Waals surface area contributed by atoms with Crippen molar-refractivity contribution in [2.45, 2.75) is 37.8 Å². The van der Waals surface area contributed by atoms with Gasteiger partial charge in [-0.2, -0.15) is 0 Å². The van der Waals surface area contributed by atoms with Crippen LogP contribution in [0.2, 0.25) is 0 Å². The molecule has 0 amide bonds. The molecule has 0 radical (unpaired) electrons. The topological polar surface area (TPSA) is 58.6 Å². The second-order valence-corrected chi connectivity index (χ2v) is 13.5. The summed E-state index contributed by atoms with van der Waals surface area (Å²) in [6, 6.07) is 21.4. The van der Waals surface area contributed by atoms with Crippen LogP contribution in [-0.4, -0.2) is 72.1 Å². The molecular weight excluding hydrogens is 592 g/mol. The number of hydrogen-bond donors (Lipinski definition) is 0. The van der Waals surface area contributed by atoms with Gasteiger partial charge in [-0.25, -0.2) is 0 Å². The van der Waals surface area contributed by atoms with E-state index in [1.54, 1.807) is 28.4 Å². The van der Waals surface area contributed by atoms with E-state index in [0.29, 0.717) is 34.5 Å². The lowest BCUT2D eigenvalue weighted by molar-refractivity contribution is -0.923. The van der Waals surface area contributed by atoms with Crippen LogP contribution < -0.4 is 28.4 Å². The normalized spacial score (nSPS) is 19.7. The van der Waals surface area contributed by atoms with Gasteiger partial charge >= 0.3 is 0 Å². The molecule has 4 aromatic rings. The van der Waals surface area contributed by atoms with E-state index in [1.165, 1.54) is 22.3 Å². The number of likely N-dealkylation sites (N-methyl/N-ethyl adjacent to an activating group) is 2. The van der Waals surface area contributed by atoms with Crippen molar-refractivity contribution in [3.8, 4) is 46.0 Å². The predicted octanol–water partition coefficient (Wildman–Crippen LogP) is 7.31. The molecule has 0 aliphatic carbocycles. The second kappa shape index (κ2) is 12.3. The van der Waals surface area contributed by atoms with Crippen LogP contribution in [0.4, 0.5) is 0 Å². The number of benzene rings is 4. The van der Waals surface area contributed by atoms with Crippen molar-refractivity contribution in [3.05, 3.63) is 94.0 Å². The molecule has 246 valence electrons. The van der Waals surface area contributed by atoms with E-state index < -0.39 is 0 Å². The standard InChI is InChI=1S/C39H45N2O6/c1-40-16-14-26-21-33(43-5)35-23-29(26)30(40)18-24-8-11-28(12-9-24)46-39-37-27(22-36(44-6)38(39)45-7)15-17-41(2,3)31(37)19-25-10-13-32(42-4)34(20-25)47-35/h8-13,20-23,30-31H,14-19H2,1-7H3/q+1/t30-,31+/m0/s1. The van der Waals surface area contributed by atoms with Crippen LogP contribution in [0, 0.1) is 0 Å². The van der Waals surface area contributed by atoms with Crippen LogP contribution >= 0.6 is 0 Å². The molecule has 4 heterocycles. The molecule has 8 rings (SSSR count). The monoisotopic (exact) mass is 637 g/mol. The van der Waals surface area contributed by atoms with Gasteiger partial charge in [0.1, 0.15) is 11.8 Å². The summed E-state index contributed by atoms with van der Waals surface area (Å²) >= 11 is 0. The lowest BCUT2D eigenvalue weighted by atomic mass is 9.86. The zero-order chi connectivity index (χ0) is 32.9. The third kappa shape index (κ3) is 5.63.